The average Bonchev–Trinajstić information content (AvgIpc) is 3.06. The fourth-order valence-corrected chi connectivity index (χ4v) is 4.72. The maximum atomic E-state index is 13.4. The van der Waals surface area contributed by atoms with E-state index in [9.17, 15) is 10.1 Å². The molecule has 0 atom stereocenters. The van der Waals surface area contributed by atoms with E-state index in [1.54, 1.807) is 24.1 Å². The van der Waals surface area contributed by atoms with Gasteiger partial charge in [0.1, 0.15) is 5.52 Å². The molecule has 4 rings (SSSR count). The van der Waals surface area contributed by atoms with Crippen LogP contribution in [-0.4, -0.2) is 17.9 Å². The van der Waals surface area contributed by atoms with Crippen molar-refractivity contribution in [3.63, 3.8) is 0 Å². The second-order valence-corrected chi connectivity index (χ2v) is 7.99. The van der Waals surface area contributed by atoms with Gasteiger partial charge in [0, 0.05) is 7.05 Å². The average molecular weight is 382 g/mol. The molecule has 2 aromatic carbocycles. The molecule has 1 aliphatic carbocycles. The van der Waals surface area contributed by atoms with Crippen LogP contribution in [0, 0.1) is 11.3 Å². The maximum absolute atomic E-state index is 13.4. The van der Waals surface area contributed by atoms with Crippen molar-refractivity contribution in [1.82, 2.24) is 4.98 Å². The molecule has 3 aromatic rings. The largest absolute Gasteiger partial charge is 0.290 e. The molecule has 0 spiro atoms. The smallest absolute Gasteiger partial charge is 0.239 e. The third-order valence-corrected chi connectivity index (χ3v) is 6.51. The quantitative estimate of drug-likeness (QED) is 0.647. The maximum Gasteiger partial charge on any atom is 0.239 e. The summed E-state index contributed by atoms with van der Waals surface area (Å²) in [5.41, 5.74) is 1.65. The van der Waals surface area contributed by atoms with Crippen molar-refractivity contribution >= 4 is 44.2 Å². The van der Waals surface area contributed by atoms with Crippen LogP contribution < -0.4 is 4.90 Å². The van der Waals surface area contributed by atoms with Gasteiger partial charge in [-0.2, -0.15) is 5.26 Å². The predicted octanol–water partition coefficient (Wildman–Crippen LogP) is 4.91. The van der Waals surface area contributed by atoms with Gasteiger partial charge in [-0.15, -0.1) is 0 Å². The van der Waals surface area contributed by atoms with Crippen molar-refractivity contribution in [3.8, 4) is 6.07 Å². The van der Waals surface area contributed by atoms with Gasteiger partial charge in [-0.3, -0.25) is 9.69 Å². The van der Waals surface area contributed by atoms with Gasteiger partial charge in [0.05, 0.1) is 26.8 Å². The van der Waals surface area contributed by atoms with Gasteiger partial charge in [-0.25, -0.2) is 4.98 Å². The summed E-state index contributed by atoms with van der Waals surface area (Å²) in [4.78, 5) is 19.6. The van der Waals surface area contributed by atoms with Crippen molar-refractivity contribution < 1.29 is 4.79 Å². The Morgan fingerprint density at radius 2 is 2.08 bits per heavy atom. The highest BCUT2D eigenvalue weighted by atomic mass is 35.5. The van der Waals surface area contributed by atoms with Gasteiger partial charge in [0.25, 0.3) is 0 Å². The first-order valence-corrected chi connectivity index (χ1v) is 9.58. The Labute approximate surface area is 160 Å². The van der Waals surface area contributed by atoms with Crippen LogP contribution in [0.25, 0.3) is 10.2 Å². The van der Waals surface area contributed by atoms with Crippen LogP contribution in [-0.2, 0) is 10.2 Å². The topological polar surface area (TPSA) is 57.0 Å². The zero-order valence-corrected chi connectivity index (χ0v) is 15.8. The van der Waals surface area contributed by atoms with E-state index in [1.807, 2.05) is 30.3 Å². The fourth-order valence-electron chi connectivity index (χ4n) is 3.50. The lowest BCUT2D eigenvalue weighted by Crippen LogP contribution is -2.50. The highest BCUT2D eigenvalue weighted by Gasteiger charge is 2.47. The highest BCUT2D eigenvalue weighted by Crippen LogP contribution is 2.46. The molecule has 1 saturated carbocycles. The number of halogens is 1. The van der Waals surface area contributed by atoms with Crippen molar-refractivity contribution in [3.05, 3.63) is 58.6 Å². The SMILES string of the molecule is CN(C(=O)C1(c2cccc(C#N)c2)CCC1)c1nc2c(Cl)cccc2s1. The van der Waals surface area contributed by atoms with E-state index in [0.29, 0.717) is 15.7 Å². The molecule has 0 radical (unpaired) electrons. The van der Waals surface area contributed by atoms with Crippen LogP contribution in [0.15, 0.2) is 42.5 Å². The van der Waals surface area contributed by atoms with Gasteiger partial charge in [0.15, 0.2) is 5.13 Å². The molecule has 0 aliphatic heterocycles. The molecule has 4 nitrogen and oxygen atoms in total. The van der Waals surface area contributed by atoms with Gasteiger partial charge in [-0.05, 0) is 42.7 Å². The molecule has 1 amide bonds. The van der Waals surface area contributed by atoms with Crippen molar-refractivity contribution in [1.29, 1.82) is 5.26 Å². The Morgan fingerprint density at radius 3 is 2.73 bits per heavy atom. The van der Waals surface area contributed by atoms with Gasteiger partial charge in [0.2, 0.25) is 5.91 Å². The number of hydrogen-bond acceptors (Lipinski definition) is 4. The third kappa shape index (κ3) is 2.57. The summed E-state index contributed by atoms with van der Waals surface area (Å²) in [6.45, 7) is 0. The Morgan fingerprint density at radius 1 is 1.31 bits per heavy atom. The molecular weight excluding hydrogens is 366 g/mol. The van der Waals surface area contributed by atoms with Crippen LogP contribution in [0.4, 0.5) is 5.13 Å². The highest BCUT2D eigenvalue weighted by molar-refractivity contribution is 7.22. The lowest BCUT2D eigenvalue weighted by atomic mass is 9.63. The lowest BCUT2D eigenvalue weighted by molar-refractivity contribution is -0.126. The Hall–Kier alpha value is -2.42. The van der Waals surface area contributed by atoms with E-state index in [1.165, 1.54) is 11.3 Å². The first-order chi connectivity index (χ1) is 12.5. The summed E-state index contributed by atoms with van der Waals surface area (Å²) in [6.07, 6.45) is 2.58. The van der Waals surface area contributed by atoms with E-state index in [0.717, 1.165) is 35.0 Å². The molecule has 1 fully saturated rings. The minimum absolute atomic E-state index is 0.0222. The summed E-state index contributed by atoms with van der Waals surface area (Å²) in [7, 11) is 1.77. The summed E-state index contributed by atoms with van der Waals surface area (Å²) >= 11 is 7.68. The normalized spacial score (nSPS) is 15.3. The number of anilines is 1. The summed E-state index contributed by atoms with van der Waals surface area (Å²) < 4.78 is 0.960. The lowest BCUT2D eigenvalue weighted by Gasteiger charge is -2.42. The number of para-hydroxylation sites is 1. The van der Waals surface area contributed by atoms with Gasteiger partial charge in [-0.1, -0.05) is 47.6 Å². The number of nitrogens with zero attached hydrogens (tertiary/aromatic N) is 3. The number of fused-ring (bicyclic) bond motifs is 1. The van der Waals surface area contributed by atoms with E-state index >= 15 is 0 Å². The van der Waals surface area contributed by atoms with E-state index in [-0.39, 0.29) is 5.91 Å². The molecule has 130 valence electrons. The molecule has 1 aromatic heterocycles. The molecule has 0 unspecified atom stereocenters. The minimum atomic E-state index is -0.566. The number of thiazole rings is 1. The Bertz CT molecular complexity index is 1050. The number of likely N-dealkylation sites (N-methyl/N-ethyl adjacent to an activating group) is 1. The number of carbonyl (C=O) groups is 1. The second kappa shape index (κ2) is 6.39. The van der Waals surface area contributed by atoms with Crippen LogP contribution in [0.3, 0.4) is 0 Å². The van der Waals surface area contributed by atoms with E-state index in [4.69, 9.17) is 11.6 Å². The molecule has 0 saturated heterocycles. The van der Waals surface area contributed by atoms with Crippen LogP contribution in [0.5, 0.6) is 0 Å². The number of benzene rings is 2. The minimum Gasteiger partial charge on any atom is -0.290 e. The Balaban J connectivity index is 1.72. The molecule has 6 heteroatoms. The fraction of sp³-hybridized carbons (Fsp3) is 0.250. The van der Waals surface area contributed by atoms with Crippen LogP contribution in [0.2, 0.25) is 5.02 Å². The zero-order valence-electron chi connectivity index (χ0n) is 14.2. The van der Waals surface area contributed by atoms with Crippen LogP contribution in [0.1, 0.15) is 30.4 Å². The van der Waals surface area contributed by atoms with E-state index < -0.39 is 5.41 Å². The number of rotatable bonds is 3. The molecule has 0 N–H and O–H groups in total. The number of carbonyl (C=O) groups excluding carboxylic acids is 1. The van der Waals surface area contributed by atoms with Crippen LogP contribution >= 0.6 is 22.9 Å². The molecule has 1 aliphatic rings. The monoisotopic (exact) mass is 381 g/mol. The molecule has 26 heavy (non-hydrogen) atoms. The summed E-state index contributed by atoms with van der Waals surface area (Å²) in [5, 5.41) is 10.4. The molecule has 1 heterocycles. The first-order valence-electron chi connectivity index (χ1n) is 8.39. The van der Waals surface area contributed by atoms with Crippen molar-refractivity contribution in [2.24, 2.45) is 0 Å². The van der Waals surface area contributed by atoms with Gasteiger partial charge >= 0.3 is 0 Å². The van der Waals surface area contributed by atoms with Crippen molar-refractivity contribution in [2.45, 2.75) is 24.7 Å². The predicted molar refractivity (Wildman–Crippen MR) is 105 cm³/mol. The van der Waals surface area contributed by atoms with Gasteiger partial charge < -0.3 is 0 Å². The third-order valence-electron chi connectivity index (χ3n) is 5.11. The number of amides is 1. The zero-order chi connectivity index (χ0) is 18.3. The molecule has 0 bridgehead atoms. The molecular formula is C20H16ClN3OS. The number of aromatic nitrogens is 1. The summed E-state index contributed by atoms with van der Waals surface area (Å²) in [6, 6.07) is 15.2. The Kier molecular flexibility index (Phi) is 4.18. The standard InChI is InChI=1S/C20H16ClN3OS/c1-24(19-23-17-15(21)7-3-8-16(17)26-19)18(25)20(9-4-10-20)14-6-2-5-13(11-14)12-22/h2-3,5-8,11H,4,9-10H2,1H3. The number of nitriles is 1. The second-order valence-electron chi connectivity index (χ2n) is 6.58. The van der Waals surface area contributed by atoms with E-state index in [2.05, 4.69) is 11.1 Å². The van der Waals surface area contributed by atoms with Crippen molar-refractivity contribution in [2.75, 3.05) is 11.9 Å². The first kappa shape index (κ1) is 17.0. The summed E-state index contributed by atoms with van der Waals surface area (Å²) in [5.74, 6) is 0.0222. The number of hydrogen-bond donors (Lipinski definition) is 0.